The molecule has 0 bridgehead atoms. The lowest BCUT2D eigenvalue weighted by Gasteiger charge is -2.38. The van der Waals surface area contributed by atoms with Gasteiger partial charge in [-0.05, 0) is 35.7 Å². The molecule has 7 heteroatoms. The molecule has 0 N–H and O–H groups in total. The van der Waals surface area contributed by atoms with E-state index in [0.29, 0.717) is 18.3 Å². The average molecular weight is 357 g/mol. The monoisotopic (exact) mass is 357 g/mol. The number of nitrogens with zero attached hydrogens (tertiary/aromatic N) is 3. The molecule has 0 amide bonds. The van der Waals surface area contributed by atoms with Crippen LogP contribution in [0.3, 0.4) is 0 Å². The van der Waals surface area contributed by atoms with Crippen LogP contribution >= 0.6 is 11.3 Å². The molecule has 0 atom stereocenters. The number of aromatic nitrogens is 2. The van der Waals surface area contributed by atoms with Crippen LogP contribution in [-0.4, -0.2) is 41.3 Å². The molecule has 3 aromatic rings. The molecule has 1 fully saturated rings. The normalized spacial score (nSPS) is 15.2. The van der Waals surface area contributed by atoms with Gasteiger partial charge in [0.15, 0.2) is 0 Å². The van der Waals surface area contributed by atoms with E-state index in [1.54, 1.807) is 18.4 Å². The Morgan fingerprint density at radius 3 is 2.80 bits per heavy atom. The van der Waals surface area contributed by atoms with E-state index in [0.717, 1.165) is 30.9 Å². The van der Waals surface area contributed by atoms with Crippen molar-refractivity contribution >= 4 is 11.3 Å². The molecule has 2 aromatic heterocycles. The summed E-state index contributed by atoms with van der Waals surface area (Å²) in [7, 11) is 1.60. The van der Waals surface area contributed by atoms with Crippen LogP contribution in [-0.2, 0) is 17.9 Å². The summed E-state index contributed by atoms with van der Waals surface area (Å²) in [6.07, 6.45) is 0.254. The Bertz CT molecular complexity index is 795. The molecular formula is C18H19N3O3S. The van der Waals surface area contributed by atoms with Crippen LogP contribution in [0.2, 0.25) is 0 Å². The zero-order chi connectivity index (χ0) is 17.1. The molecule has 1 aliphatic rings. The third-order valence-electron chi connectivity index (χ3n) is 4.03. The van der Waals surface area contributed by atoms with Crippen molar-refractivity contribution in [1.82, 2.24) is 15.0 Å². The molecule has 130 valence electrons. The first-order valence-electron chi connectivity index (χ1n) is 8.13. The van der Waals surface area contributed by atoms with Crippen LogP contribution in [0.25, 0.3) is 11.4 Å². The van der Waals surface area contributed by atoms with Crippen molar-refractivity contribution in [2.45, 2.75) is 19.3 Å². The Balaban J connectivity index is 1.29. The number of methoxy groups -OCH3 is 1. The molecule has 1 aliphatic heterocycles. The minimum absolute atomic E-state index is 0.254. The molecule has 1 aromatic carbocycles. The molecule has 0 aliphatic carbocycles. The zero-order valence-electron chi connectivity index (χ0n) is 13.9. The van der Waals surface area contributed by atoms with Gasteiger partial charge in [0.05, 0.1) is 0 Å². The fourth-order valence-corrected chi connectivity index (χ4v) is 3.52. The minimum atomic E-state index is 0.254. The first-order chi connectivity index (χ1) is 12.3. The SMILES string of the molecule is COCc1nc(-c2ccc(OC3CN(Cc4cccs4)C3)cc2)no1. The molecule has 3 heterocycles. The largest absolute Gasteiger partial charge is 0.488 e. The topological polar surface area (TPSA) is 60.6 Å². The maximum Gasteiger partial charge on any atom is 0.252 e. The van der Waals surface area contributed by atoms with Gasteiger partial charge in [0.2, 0.25) is 5.82 Å². The van der Waals surface area contributed by atoms with Gasteiger partial charge in [-0.3, -0.25) is 4.90 Å². The summed E-state index contributed by atoms with van der Waals surface area (Å²) in [6.45, 7) is 3.26. The summed E-state index contributed by atoms with van der Waals surface area (Å²) in [5, 5.41) is 6.07. The van der Waals surface area contributed by atoms with Crippen molar-refractivity contribution < 1.29 is 14.0 Å². The van der Waals surface area contributed by atoms with Crippen molar-refractivity contribution in [3.63, 3.8) is 0 Å². The van der Waals surface area contributed by atoms with E-state index < -0.39 is 0 Å². The highest BCUT2D eigenvalue weighted by molar-refractivity contribution is 7.09. The smallest absolute Gasteiger partial charge is 0.252 e. The number of hydrogen-bond acceptors (Lipinski definition) is 7. The summed E-state index contributed by atoms with van der Waals surface area (Å²) in [5.74, 6) is 1.90. The van der Waals surface area contributed by atoms with Gasteiger partial charge in [-0.15, -0.1) is 11.3 Å². The van der Waals surface area contributed by atoms with Crippen LogP contribution in [0.1, 0.15) is 10.8 Å². The van der Waals surface area contributed by atoms with Crippen LogP contribution in [0, 0.1) is 0 Å². The van der Waals surface area contributed by atoms with E-state index >= 15 is 0 Å². The standard InChI is InChI=1S/C18H19N3O3S/c1-22-12-17-19-18(20-24-17)13-4-6-14(7-5-13)23-15-9-21(10-15)11-16-3-2-8-25-16/h2-8,15H,9-12H2,1H3. The second-order valence-corrected chi connectivity index (χ2v) is 7.01. The van der Waals surface area contributed by atoms with E-state index in [9.17, 15) is 0 Å². The van der Waals surface area contributed by atoms with Crippen LogP contribution < -0.4 is 4.74 Å². The number of likely N-dealkylation sites (tertiary alicyclic amines) is 1. The van der Waals surface area contributed by atoms with Crippen molar-refractivity contribution in [2.24, 2.45) is 0 Å². The van der Waals surface area contributed by atoms with Crippen LogP contribution in [0.15, 0.2) is 46.3 Å². The number of rotatable bonds is 7. The van der Waals surface area contributed by atoms with Gasteiger partial charge in [0.25, 0.3) is 5.89 Å². The molecule has 25 heavy (non-hydrogen) atoms. The van der Waals surface area contributed by atoms with Crippen molar-refractivity contribution in [1.29, 1.82) is 0 Å². The van der Waals surface area contributed by atoms with Gasteiger partial charge < -0.3 is 14.0 Å². The van der Waals surface area contributed by atoms with Crippen LogP contribution in [0.4, 0.5) is 0 Å². The Morgan fingerprint density at radius 1 is 1.24 bits per heavy atom. The molecule has 0 spiro atoms. The Labute approximate surface area is 150 Å². The van der Waals surface area contributed by atoms with Crippen molar-refractivity contribution in [3.8, 4) is 17.1 Å². The quantitative estimate of drug-likeness (QED) is 0.647. The van der Waals surface area contributed by atoms with E-state index in [4.69, 9.17) is 14.0 Å². The van der Waals surface area contributed by atoms with Gasteiger partial charge in [0, 0.05) is 37.2 Å². The van der Waals surface area contributed by atoms with Crippen molar-refractivity contribution in [2.75, 3.05) is 20.2 Å². The molecular weight excluding hydrogens is 338 g/mol. The number of ether oxygens (including phenoxy) is 2. The lowest BCUT2D eigenvalue weighted by atomic mass is 10.1. The number of hydrogen-bond donors (Lipinski definition) is 0. The van der Waals surface area contributed by atoms with Gasteiger partial charge in [0.1, 0.15) is 18.5 Å². The summed E-state index contributed by atoms with van der Waals surface area (Å²) >= 11 is 1.80. The Hall–Kier alpha value is -2.22. The summed E-state index contributed by atoms with van der Waals surface area (Å²) in [6, 6.07) is 12.1. The lowest BCUT2D eigenvalue weighted by Crippen LogP contribution is -2.52. The highest BCUT2D eigenvalue weighted by Crippen LogP contribution is 2.24. The van der Waals surface area contributed by atoms with E-state index in [2.05, 4.69) is 32.6 Å². The Morgan fingerprint density at radius 2 is 2.08 bits per heavy atom. The van der Waals surface area contributed by atoms with Crippen molar-refractivity contribution in [3.05, 3.63) is 52.5 Å². The summed E-state index contributed by atoms with van der Waals surface area (Å²) < 4.78 is 16.1. The fraction of sp³-hybridized carbons (Fsp3) is 0.333. The average Bonchev–Trinajstić information content (AvgIpc) is 3.26. The number of benzene rings is 1. The van der Waals surface area contributed by atoms with Gasteiger partial charge in [-0.1, -0.05) is 11.2 Å². The minimum Gasteiger partial charge on any atom is -0.488 e. The first-order valence-corrected chi connectivity index (χ1v) is 9.01. The summed E-state index contributed by atoms with van der Waals surface area (Å²) in [5.41, 5.74) is 0.895. The summed E-state index contributed by atoms with van der Waals surface area (Å²) in [4.78, 5) is 8.07. The predicted molar refractivity (Wildman–Crippen MR) is 94.5 cm³/mol. The van der Waals surface area contributed by atoms with E-state index in [-0.39, 0.29) is 6.10 Å². The van der Waals surface area contributed by atoms with Gasteiger partial charge in [-0.25, -0.2) is 0 Å². The second-order valence-electron chi connectivity index (χ2n) is 5.98. The van der Waals surface area contributed by atoms with Gasteiger partial charge >= 0.3 is 0 Å². The first kappa shape index (κ1) is 16.3. The zero-order valence-corrected chi connectivity index (χ0v) is 14.7. The van der Waals surface area contributed by atoms with Gasteiger partial charge in [-0.2, -0.15) is 4.98 Å². The van der Waals surface area contributed by atoms with Crippen LogP contribution in [0.5, 0.6) is 5.75 Å². The third-order valence-corrected chi connectivity index (χ3v) is 4.90. The van der Waals surface area contributed by atoms with E-state index in [1.807, 2.05) is 24.3 Å². The lowest BCUT2D eigenvalue weighted by molar-refractivity contribution is 0.0152. The van der Waals surface area contributed by atoms with E-state index in [1.165, 1.54) is 4.88 Å². The highest BCUT2D eigenvalue weighted by Gasteiger charge is 2.28. The number of thiophene rings is 1. The molecule has 4 rings (SSSR count). The molecule has 1 saturated heterocycles. The maximum absolute atomic E-state index is 6.01. The molecule has 0 saturated carbocycles. The highest BCUT2D eigenvalue weighted by atomic mass is 32.1. The molecule has 0 unspecified atom stereocenters. The second kappa shape index (κ2) is 7.35. The molecule has 6 nitrogen and oxygen atoms in total. The molecule has 0 radical (unpaired) electrons. The predicted octanol–water partition coefficient (Wildman–Crippen LogP) is 3.21. The Kier molecular flexibility index (Phi) is 4.78. The third kappa shape index (κ3) is 3.89. The fourth-order valence-electron chi connectivity index (χ4n) is 2.78. The maximum atomic E-state index is 6.01.